The van der Waals surface area contributed by atoms with Gasteiger partial charge in [-0.2, -0.15) is 10.2 Å². The summed E-state index contributed by atoms with van der Waals surface area (Å²) in [5, 5.41) is 12.7. The van der Waals surface area contributed by atoms with Gasteiger partial charge in [-0.3, -0.25) is 9.48 Å². The molecule has 3 heterocycles. The molecule has 174 valence electrons. The van der Waals surface area contributed by atoms with Crippen molar-refractivity contribution in [3.05, 3.63) is 34.7 Å². The number of rotatable bonds is 6. The lowest BCUT2D eigenvalue weighted by atomic mass is 9.47. The summed E-state index contributed by atoms with van der Waals surface area (Å²) in [5.41, 5.74) is 2.95. The van der Waals surface area contributed by atoms with Crippen LogP contribution in [0.5, 0.6) is 0 Å². The highest BCUT2D eigenvalue weighted by molar-refractivity contribution is 9.10. The number of aromatic nitrogens is 5. The van der Waals surface area contributed by atoms with Gasteiger partial charge < -0.3 is 5.32 Å². The molecule has 0 aromatic carbocycles. The van der Waals surface area contributed by atoms with E-state index in [1.54, 1.807) is 16.8 Å². The fraction of sp³-hybridized carbons (Fsp3) is 0.600. The van der Waals surface area contributed by atoms with Crippen LogP contribution in [0.4, 0.5) is 0 Å². The van der Waals surface area contributed by atoms with Crippen LogP contribution in [0.25, 0.3) is 17.0 Å². The van der Waals surface area contributed by atoms with E-state index in [4.69, 9.17) is 0 Å². The molecule has 4 bridgehead atoms. The Morgan fingerprint density at radius 3 is 2.48 bits per heavy atom. The number of amides is 1. The Bertz CT molecular complexity index is 1180. The Morgan fingerprint density at radius 1 is 1.18 bits per heavy atom. The van der Waals surface area contributed by atoms with Gasteiger partial charge in [0.15, 0.2) is 11.3 Å². The Kier molecular flexibility index (Phi) is 5.12. The first kappa shape index (κ1) is 21.3. The molecule has 4 aliphatic rings. The van der Waals surface area contributed by atoms with Crippen molar-refractivity contribution in [3.8, 4) is 11.4 Å². The molecular weight excluding hydrogens is 480 g/mol. The van der Waals surface area contributed by atoms with Crippen LogP contribution in [0.3, 0.4) is 0 Å². The SMILES string of the molecule is CCC(NC(=O)c1cc2nccc(-c3nn(CC)cc3Br)n2n1)C12CC3CC(CC(C3)C1)C2. The smallest absolute Gasteiger partial charge is 0.272 e. The fourth-order valence-electron chi connectivity index (χ4n) is 7.44. The summed E-state index contributed by atoms with van der Waals surface area (Å²) in [6.07, 6.45) is 12.7. The zero-order valence-electron chi connectivity index (χ0n) is 19.3. The van der Waals surface area contributed by atoms with Crippen molar-refractivity contribution < 1.29 is 4.79 Å². The van der Waals surface area contributed by atoms with Gasteiger partial charge >= 0.3 is 0 Å². The average Bonchev–Trinajstić information content (AvgIpc) is 3.39. The quantitative estimate of drug-likeness (QED) is 0.500. The van der Waals surface area contributed by atoms with Gasteiger partial charge in [-0.05, 0) is 97.0 Å². The summed E-state index contributed by atoms with van der Waals surface area (Å²) < 4.78 is 4.50. The highest BCUT2D eigenvalue weighted by Crippen LogP contribution is 2.61. The van der Waals surface area contributed by atoms with Crippen LogP contribution in [0.2, 0.25) is 0 Å². The van der Waals surface area contributed by atoms with Gasteiger partial charge in [0.05, 0.1) is 10.2 Å². The number of nitrogens with zero attached hydrogens (tertiary/aromatic N) is 5. The second-order valence-corrected chi connectivity index (χ2v) is 11.4. The average molecular weight is 511 g/mol. The summed E-state index contributed by atoms with van der Waals surface area (Å²) in [4.78, 5) is 17.8. The molecule has 4 fully saturated rings. The van der Waals surface area contributed by atoms with Gasteiger partial charge in [0.25, 0.3) is 5.91 Å². The van der Waals surface area contributed by atoms with E-state index in [1.807, 2.05) is 16.9 Å². The summed E-state index contributed by atoms with van der Waals surface area (Å²) in [7, 11) is 0. The number of fused-ring (bicyclic) bond motifs is 1. The number of hydrogen-bond acceptors (Lipinski definition) is 4. The lowest BCUT2D eigenvalue weighted by molar-refractivity contribution is -0.0727. The normalized spacial score (nSPS) is 29.0. The van der Waals surface area contributed by atoms with Crippen molar-refractivity contribution in [2.24, 2.45) is 23.2 Å². The van der Waals surface area contributed by atoms with Crippen LogP contribution in [-0.4, -0.2) is 36.3 Å². The fourth-order valence-corrected chi connectivity index (χ4v) is 7.96. The van der Waals surface area contributed by atoms with E-state index in [2.05, 4.69) is 50.3 Å². The Balaban J connectivity index is 1.29. The zero-order chi connectivity index (χ0) is 22.7. The van der Waals surface area contributed by atoms with E-state index in [0.29, 0.717) is 11.3 Å². The van der Waals surface area contributed by atoms with Gasteiger partial charge in [-0.1, -0.05) is 6.92 Å². The minimum atomic E-state index is -0.0906. The van der Waals surface area contributed by atoms with Crippen molar-refractivity contribution in [2.45, 2.75) is 71.4 Å². The molecule has 7 rings (SSSR count). The lowest BCUT2D eigenvalue weighted by Gasteiger charge is -2.59. The second-order valence-electron chi connectivity index (χ2n) is 10.5. The van der Waals surface area contributed by atoms with Crippen molar-refractivity contribution >= 4 is 27.5 Å². The molecule has 0 saturated heterocycles. The van der Waals surface area contributed by atoms with Gasteiger partial charge in [0.2, 0.25) is 0 Å². The first-order valence-electron chi connectivity index (χ1n) is 12.4. The predicted octanol–water partition coefficient (Wildman–Crippen LogP) is 5.10. The Labute approximate surface area is 202 Å². The molecule has 1 amide bonds. The molecule has 1 unspecified atom stereocenters. The minimum Gasteiger partial charge on any atom is -0.347 e. The standard InChI is InChI=1S/C25H31BrN6O/c1-3-21(25-11-15-7-16(12-25)9-17(8-15)13-25)28-24(33)19-10-22-27-6-5-20(32(22)29-19)23-18(26)14-31(4-2)30-23/h5-6,10,14-17,21H,3-4,7-9,11-13H2,1-2H3,(H,28,33). The molecule has 0 aliphatic heterocycles. The van der Waals surface area contributed by atoms with E-state index >= 15 is 0 Å². The number of nitrogens with one attached hydrogen (secondary N) is 1. The van der Waals surface area contributed by atoms with Gasteiger partial charge in [-0.25, -0.2) is 9.50 Å². The third kappa shape index (κ3) is 3.52. The van der Waals surface area contributed by atoms with Crippen LogP contribution in [-0.2, 0) is 6.54 Å². The van der Waals surface area contributed by atoms with E-state index in [1.165, 1.54) is 38.5 Å². The summed E-state index contributed by atoms with van der Waals surface area (Å²) >= 11 is 3.61. The Morgan fingerprint density at radius 2 is 1.88 bits per heavy atom. The molecule has 7 nitrogen and oxygen atoms in total. The first-order valence-corrected chi connectivity index (χ1v) is 13.2. The zero-order valence-corrected chi connectivity index (χ0v) is 20.9. The largest absolute Gasteiger partial charge is 0.347 e. The van der Waals surface area contributed by atoms with Crippen LogP contribution in [0.15, 0.2) is 29.0 Å². The maximum atomic E-state index is 13.4. The summed E-state index contributed by atoms with van der Waals surface area (Å²) in [6.45, 7) is 5.05. The number of carbonyl (C=O) groups is 1. The minimum absolute atomic E-state index is 0.0906. The number of hydrogen-bond donors (Lipinski definition) is 1. The molecule has 3 aromatic heterocycles. The van der Waals surface area contributed by atoms with E-state index in [0.717, 1.165) is 46.6 Å². The monoisotopic (exact) mass is 510 g/mol. The van der Waals surface area contributed by atoms with Crippen molar-refractivity contribution in [2.75, 3.05) is 0 Å². The molecule has 1 N–H and O–H groups in total. The van der Waals surface area contributed by atoms with Gasteiger partial charge in [0.1, 0.15) is 5.69 Å². The van der Waals surface area contributed by atoms with Crippen molar-refractivity contribution in [1.82, 2.24) is 29.7 Å². The van der Waals surface area contributed by atoms with E-state index < -0.39 is 0 Å². The third-order valence-electron chi connectivity index (χ3n) is 8.41. The van der Waals surface area contributed by atoms with Crippen molar-refractivity contribution in [3.63, 3.8) is 0 Å². The molecule has 0 spiro atoms. The summed E-state index contributed by atoms with van der Waals surface area (Å²) in [6, 6.07) is 3.89. The van der Waals surface area contributed by atoms with Crippen molar-refractivity contribution in [1.29, 1.82) is 0 Å². The maximum Gasteiger partial charge on any atom is 0.272 e. The molecule has 4 saturated carbocycles. The molecular formula is C25H31BrN6O. The lowest BCUT2D eigenvalue weighted by Crippen LogP contribution is -2.56. The van der Waals surface area contributed by atoms with Crippen LogP contribution < -0.4 is 5.32 Å². The molecule has 33 heavy (non-hydrogen) atoms. The first-order chi connectivity index (χ1) is 16.0. The van der Waals surface area contributed by atoms with Crippen LogP contribution in [0, 0.1) is 23.2 Å². The van der Waals surface area contributed by atoms with E-state index in [9.17, 15) is 4.79 Å². The molecule has 8 heteroatoms. The molecule has 3 aromatic rings. The van der Waals surface area contributed by atoms with Crippen LogP contribution >= 0.6 is 15.9 Å². The third-order valence-corrected chi connectivity index (χ3v) is 8.99. The van der Waals surface area contributed by atoms with Gasteiger partial charge in [-0.15, -0.1) is 0 Å². The second kappa shape index (κ2) is 7.93. The summed E-state index contributed by atoms with van der Waals surface area (Å²) in [5.74, 6) is 2.51. The number of halogens is 1. The maximum absolute atomic E-state index is 13.4. The number of carbonyl (C=O) groups excluding carboxylic acids is 1. The van der Waals surface area contributed by atoms with E-state index in [-0.39, 0.29) is 17.4 Å². The molecule has 4 aliphatic carbocycles. The molecule has 0 radical (unpaired) electrons. The number of aryl methyl sites for hydroxylation is 1. The highest BCUT2D eigenvalue weighted by Gasteiger charge is 2.54. The predicted molar refractivity (Wildman–Crippen MR) is 130 cm³/mol. The Hall–Kier alpha value is -2.22. The van der Waals surface area contributed by atoms with Crippen LogP contribution in [0.1, 0.15) is 69.3 Å². The topological polar surface area (TPSA) is 77.1 Å². The van der Waals surface area contributed by atoms with Gasteiger partial charge in [0, 0.05) is 31.0 Å². The molecule has 1 atom stereocenters. The highest BCUT2D eigenvalue weighted by atomic mass is 79.9.